The maximum Gasteiger partial charge on any atom is 0.0572 e. The Labute approximate surface area is 73.6 Å². The Balaban J connectivity index is 0.000000605. The highest BCUT2D eigenvalue weighted by atomic mass is 35.5. The first-order valence-electron chi connectivity index (χ1n) is 4.21. The van der Waals surface area contributed by atoms with Gasteiger partial charge in [0.1, 0.15) is 0 Å². The molecule has 4 unspecified atom stereocenters. The fourth-order valence-electron chi connectivity index (χ4n) is 2.45. The number of hydrogen-bond donors (Lipinski definition) is 2. The maximum absolute atomic E-state index is 9.46. The number of rotatable bonds is 0. The van der Waals surface area contributed by atoms with Gasteiger partial charge in [-0.1, -0.05) is 0 Å². The number of hydrogen-bond acceptors (Lipinski definition) is 2. The monoisotopic (exact) mass is 177 g/mol. The molecule has 0 amide bonds. The van der Waals surface area contributed by atoms with Crippen LogP contribution in [0.4, 0.5) is 0 Å². The van der Waals surface area contributed by atoms with Crippen LogP contribution in [0.5, 0.6) is 0 Å². The standard InChI is InChI=1S/C8H15NO.ClH/c9-7-3-6-2-1-5(7)4-8(6)10;/h5-8,10H,1-4,9H2;1H. The van der Waals surface area contributed by atoms with Gasteiger partial charge in [0.05, 0.1) is 6.10 Å². The van der Waals surface area contributed by atoms with Crippen LogP contribution in [0.15, 0.2) is 0 Å². The molecule has 3 aliphatic carbocycles. The molecular weight excluding hydrogens is 162 g/mol. The Morgan fingerprint density at radius 3 is 2.00 bits per heavy atom. The summed E-state index contributed by atoms with van der Waals surface area (Å²) in [7, 11) is 0. The Hall–Kier alpha value is 0.210. The van der Waals surface area contributed by atoms with Crippen molar-refractivity contribution in [1.29, 1.82) is 0 Å². The van der Waals surface area contributed by atoms with Crippen molar-refractivity contribution in [3.05, 3.63) is 0 Å². The van der Waals surface area contributed by atoms with Crippen LogP contribution < -0.4 is 5.73 Å². The fraction of sp³-hybridized carbons (Fsp3) is 1.00. The molecule has 3 heteroatoms. The highest BCUT2D eigenvalue weighted by molar-refractivity contribution is 5.85. The van der Waals surface area contributed by atoms with Crippen molar-refractivity contribution < 1.29 is 5.11 Å². The summed E-state index contributed by atoms with van der Waals surface area (Å²) in [5.41, 5.74) is 5.87. The van der Waals surface area contributed by atoms with E-state index in [0.29, 0.717) is 17.9 Å². The molecule has 3 rings (SSSR count). The average Bonchev–Trinajstić information content (AvgIpc) is 1.91. The number of aliphatic hydroxyl groups excluding tert-OH is 1. The Morgan fingerprint density at radius 1 is 1.09 bits per heavy atom. The first-order valence-corrected chi connectivity index (χ1v) is 4.21. The molecule has 0 spiro atoms. The molecule has 0 heterocycles. The lowest BCUT2D eigenvalue weighted by atomic mass is 9.67. The summed E-state index contributed by atoms with van der Waals surface area (Å²) in [6, 6.07) is 0.391. The van der Waals surface area contributed by atoms with Crippen LogP contribution in [-0.2, 0) is 0 Å². The minimum Gasteiger partial charge on any atom is -0.393 e. The van der Waals surface area contributed by atoms with Crippen LogP contribution in [-0.4, -0.2) is 17.3 Å². The van der Waals surface area contributed by atoms with Gasteiger partial charge in [0.25, 0.3) is 0 Å². The van der Waals surface area contributed by atoms with E-state index in [9.17, 15) is 5.11 Å². The molecular formula is C8H16ClNO. The van der Waals surface area contributed by atoms with Crippen molar-refractivity contribution >= 4 is 12.4 Å². The summed E-state index contributed by atoms with van der Waals surface area (Å²) in [5.74, 6) is 1.15. The van der Waals surface area contributed by atoms with Crippen molar-refractivity contribution in [3.8, 4) is 0 Å². The molecule has 0 aromatic heterocycles. The van der Waals surface area contributed by atoms with E-state index in [1.165, 1.54) is 12.8 Å². The maximum atomic E-state index is 9.46. The summed E-state index contributed by atoms with van der Waals surface area (Å²) in [5, 5.41) is 9.46. The van der Waals surface area contributed by atoms with Crippen LogP contribution in [0.3, 0.4) is 0 Å². The van der Waals surface area contributed by atoms with Gasteiger partial charge < -0.3 is 10.8 Å². The van der Waals surface area contributed by atoms with E-state index in [4.69, 9.17) is 5.73 Å². The second-order valence-corrected chi connectivity index (χ2v) is 3.80. The number of nitrogens with two attached hydrogens (primary N) is 1. The largest absolute Gasteiger partial charge is 0.393 e. The first-order chi connectivity index (χ1) is 4.77. The quantitative estimate of drug-likeness (QED) is 0.578. The van der Waals surface area contributed by atoms with Crippen molar-refractivity contribution in [1.82, 2.24) is 0 Å². The molecule has 11 heavy (non-hydrogen) atoms. The van der Waals surface area contributed by atoms with E-state index in [0.717, 1.165) is 12.8 Å². The minimum atomic E-state index is -0.0291. The van der Waals surface area contributed by atoms with Gasteiger partial charge in [0.15, 0.2) is 0 Å². The van der Waals surface area contributed by atoms with Crippen LogP contribution >= 0.6 is 12.4 Å². The van der Waals surface area contributed by atoms with Crippen molar-refractivity contribution in [3.63, 3.8) is 0 Å². The topological polar surface area (TPSA) is 46.2 Å². The molecule has 2 nitrogen and oxygen atoms in total. The van der Waals surface area contributed by atoms with Gasteiger partial charge in [-0.3, -0.25) is 0 Å². The van der Waals surface area contributed by atoms with Gasteiger partial charge in [0.2, 0.25) is 0 Å². The third-order valence-corrected chi connectivity index (χ3v) is 3.18. The Kier molecular flexibility index (Phi) is 2.79. The molecule has 0 saturated heterocycles. The second-order valence-electron chi connectivity index (χ2n) is 3.80. The number of aliphatic hydroxyl groups is 1. The lowest BCUT2D eigenvalue weighted by molar-refractivity contribution is -0.00833. The smallest absolute Gasteiger partial charge is 0.0572 e. The number of halogens is 1. The zero-order valence-corrected chi connectivity index (χ0v) is 7.39. The Bertz CT molecular complexity index is 126. The molecule has 3 fully saturated rings. The molecule has 4 atom stereocenters. The van der Waals surface area contributed by atoms with Gasteiger partial charge >= 0.3 is 0 Å². The summed E-state index contributed by atoms with van der Waals surface area (Å²) < 4.78 is 0. The molecule has 3 saturated carbocycles. The minimum absolute atomic E-state index is 0. The van der Waals surface area contributed by atoms with Crippen LogP contribution in [0.25, 0.3) is 0 Å². The fourth-order valence-corrected chi connectivity index (χ4v) is 2.45. The zero-order chi connectivity index (χ0) is 7.14. The highest BCUT2D eigenvalue weighted by Gasteiger charge is 2.38. The summed E-state index contributed by atoms with van der Waals surface area (Å²) in [6.07, 6.45) is 4.46. The van der Waals surface area contributed by atoms with E-state index < -0.39 is 0 Å². The van der Waals surface area contributed by atoms with Gasteiger partial charge in [-0.05, 0) is 37.5 Å². The van der Waals surface area contributed by atoms with E-state index >= 15 is 0 Å². The predicted octanol–water partition coefficient (Wildman–Crippen LogP) is 0.916. The molecule has 0 aromatic rings. The molecule has 0 radical (unpaired) electrons. The molecule has 0 aliphatic heterocycles. The molecule has 2 bridgehead atoms. The van der Waals surface area contributed by atoms with Crippen LogP contribution in [0, 0.1) is 11.8 Å². The molecule has 66 valence electrons. The third kappa shape index (κ3) is 1.53. The lowest BCUT2D eigenvalue weighted by Crippen LogP contribution is -2.47. The van der Waals surface area contributed by atoms with Crippen molar-refractivity contribution in [2.45, 2.75) is 37.8 Å². The summed E-state index contributed by atoms with van der Waals surface area (Å²) >= 11 is 0. The molecule has 3 aliphatic rings. The van der Waals surface area contributed by atoms with Crippen molar-refractivity contribution in [2.24, 2.45) is 17.6 Å². The lowest BCUT2D eigenvalue weighted by Gasteiger charge is -2.43. The van der Waals surface area contributed by atoms with E-state index in [2.05, 4.69) is 0 Å². The zero-order valence-electron chi connectivity index (χ0n) is 6.57. The first kappa shape index (κ1) is 9.30. The Morgan fingerprint density at radius 2 is 1.73 bits per heavy atom. The van der Waals surface area contributed by atoms with E-state index in [1.807, 2.05) is 0 Å². The van der Waals surface area contributed by atoms with E-state index in [-0.39, 0.29) is 18.5 Å². The van der Waals surface area contributed by atoms with Crippen LogP contribution in [0.1, 0.15) is 25.7 Å². The van der Waals surface area contributed by atoms with Gasteiger partial charge in [-0.2, -0.15) is 0 Å². The predicted molar refractivity (Wildman–Crippen MR) is 46.7 cm³/mol. The molecule has 0 aromatic carbocycles. The number of fused-ring (bicyclic) bond motifs is 3. The third-order valence-electron chi connectivity index (χ3n) is 3.18. The summed E-state index contributed by atoms with van der Waals surface area (Å²) in [4.78, 5) is 0. The van der Waals surface area contributed by atoms with Crippen molar-refractivity contribution in [2.75, 3.05) is 0 Å². The van der Waals surface area contributed by atoms with Gasteiger partial charge in [-0.15, -0.1) is 12.4 Å². The average molecular weight is 178 g/mol. The molecule has 3 N–H and O–H groups in total. The highest BCUT2D eigenvalue weighted by Crippen LogP contribution is 2.40. The van der Waals surface area contributed by atoms with Crippen LogP contribution in [0.2, 0.25) is 0 Å². The second kappa shape index (κ2) is 3.30. The summed E-state index contributed by atoms with van der Waals surface area (Å²) in [6.45, 7) is 0. The SMILES string of the molecule is Cl.NC1CC2CCC1CC2O. The van der Waals surface area contributed by atoms with Gasteiger partial charge in [0, 0.05) is 6.04 Å². The normalized spacial score (nSPS) is 48.5. The van der Waals surface area contributed by atoms with Gasteiger partial charge in [-0.25, -0.2) is 0 Å². The van der Waals surface area contributed by atoms with E-state index in [1.54, 1.807) is 0 Å².